The summed E-state index contributed by atoms with van der Waals surface area (Å²) in [7, 11) is 0. The molecular formula is C18H26O. The third-order valence-corrected chi connectivity index (χ3v) is 8.63. The smallest absolute Gasteiger partial charge is 0.133 e. The summed E-state index contributed by atoms with van der Waals surface area (Å²) in [5.74, 6) is 8.63. The second kappa shape index (κ2) is 3.28. The molecule has 1 spiro atoms. The Bertz CT molecular complexity index is 455. The van der Waals surface area contributed by atoms with Crippen molar-refractivity contribution in [2.75, 3.05) is 0 Å². The molecule has 5 fully saturated rings. The molecule has 0 aromatic carbocycles. The molecule has 9 atom stereocenters. The van der Waals surface area contributed by atoms with E-state index in [2.05, 4.69) is 13.8 Å². The van der Waals surface area contributed by atoms with Crippen LogP contribution in [0, 0.1) is 52.8 Å². The summed E-state index contributed by atoms with van der Waals surface area (Å²) in [5, 5.41) is 0. The van der Waals surface area contributed by atoms with E-state index < -0.39 is 0 Å². The molecule has 104 valence electrons. The predicted molar refractivity (Wildman–Crippen MR) is 74.4 cm³/mol. The lowest BCUT2D eigenvalue weighted by atomic mass is 9.57. The molecule has 0 aromatic heterocycles. The molecule has 1 nitrogen and oxygen atoms in total. The van der Waals surface area contributed by atoms with Crippen LogP contribution in [0.5, 0.6) is 0 Å². The fourth-order valence-electron chi connectivity index (χ4n) is 7.98. The van der Waals surface area contributed by atoms with Crippen molar-refractivity contribution in [1.29, 1.82) is 0 Å². The van der Waals surface area contributed by atoms with Gasteiger partial charge < -0.3 is 0 Å². The highest BCUT2D eigenvalue weighted by atomic mass is 16.1. The molecule has 19 heavy (non-hydrogen) atoms. The van der Waals surface area contributed by atoms with E-state index in [0.29, 0.717) is 11.2 Å². The predicted octanol–water partition coefficient (Wildman–Crippen LogP) is 3.92. The fourth-order valence-corrected chi connectivity index (χ4v) is 7.98. The van der Waals surface area contributed by atoms with Gasteiger partial charge in [0.25, 0.3) is 0 Å². The molecule has 5 rings (SSSR count). The first kappa shape index (κ1) is 11.3. The number of hydrogen-bond acceptors (Lipinski definition) is 1. The van der Waals surface area contributed by atoms with Gasteiger partial charge in [-0.05, 0) is 78.4 Å². The van der Waals surface area contributed by atoms with Crippen molar-refractivity contribution >= 4 is 5.78 Å². The summed E-state index contributed by atoms with van der Waals surface area (Å²) in [6.07, 6.45) is 7.57. The lowest BCUT2D eigenvalue weighted by Crippen LogP contribution is -2.42. The maximum Gasteiger partial charge on any atom is 0.133 e. The van der Waals surface area contributed by atoms with E-state index in [1.165, 1.54) is 25.7 Å². The maximum atomic E-state index is 11.8. The topological polar surface area (TPSA) is 17.1 Å². The van der Waals surface area contributed by atoms with Crippen molar-refractivity contribution < 1.29 is 4.79 Å². The highest BCUT2D eigenvalue weighted by Gasteiger charge is 2.69. The number of carbonyl (C=O) groups is 1. The van der Waals surface area contributed by atoms with Crippen molar-refractivity contribution in [1.82, 2.24) is 0 Å². The van der Waals surface area contributed by atoms with E-state index in [0.717, 1.165) is 60.2 Å². The zero-order valence-electron chi connectivity index (χ0n) is 12.3. The summed E-state index contributed by atoms with van der Waals surface area (Å²) in [4.78, 5) is 11.8. The molecular weight excluding hydrogens is 232 g/mol. The average molecular weight is 258 g/mol. The van der Waals surface area contributed by atoms with Crippen LogP contribution in [0.4, 0.5) is 0 Å². The molecule has 5 aliphatic carbocycles. The standard InChI is InChI=1S/C18H26O/c1-9-10(2)14-6-13(9)16-11-5-15(17(14)16)18(7-11)4-3-12(19)8-18/h9-11,13-17H,3-8H2,1-2H3. The third kappa shape index (κ3) is 1.14. The van der Waals surface area contributed by atoms with Crippen LogP contribution in [0.1, 0.15) is 52.4 Å². The van der Waals surface area contributed by atoms with Gasteiger partial charge in [-0.2, -0.15) is 0 Å². The van der Waals surface area contributed by atoms with Crippen LogP contribution in [-0.4, -0.2) is 5.78 Å². The zero-order chi connectivity index (χ0) is 12.9. The van der Waals surface area contributed by atoms with Gasteiger partial charge in [0.2, 0.25) is 0 Å². The Labute approximate surface area is 116 Å². The van der Waals surface area contributed by atoms with Crippen molar-refractivity contribution in [3.05, 3.63) is 0 Å². The van der Waals surface area contributed by atoms with E-state index >= 15 is 0 Å². The summed E-state index contributed by atoms with van der Waals surface area (Å²) < 4.78 is 0. The van der Waals surface area contributed by atoms with Gasteiger partial charge >= 0.3 is 0 Å². The van der Waals surface area contributed by atoms with E-state index in [1.54, 1.807) is 0 Å². The minimum Gasteiger partial charge on any atom is -0.300 e. The Hall–Kier alpha value is -0.330. The van der Waals surface area contributed by atoms with Crippen LogP contribution in [0.15, 0.2) is 0 Å². The molecule has 0 aliphatic heterocycles. The van der Waals surface area contributed by atoms with E-state index in [9.17, 15) is 4.79 Å². The van der Waals surface area contributed by atoms with Crippen molar-refractivity contribution in [3.8, 4) is 0 Å². The minimum absolute atomic E-state index is 0.496. The van der Waals surface area contributed by atoms with Gasteiger partial charge in [-0.25, -0.2) is 0 Å². The quantitative estimate of drug-likeness (QED) is 0.602. The molecule has 5 aliphatic rings. The average Bonchev–Trinajstić information content (AvgIpc) is 3.11. The summed E-state index contributed by atoms with van der Waals surface area (Å²) in [5.41, 5.74) is 0.496. The summed E-state index contributed by atoms with van der Waals surface area (Å²) in [6, 6.07) is 0. The van der Waals surface area contributed by atoms with Crippen LogP contribution >= 0.6 is 0 Å². The molecule has 0 amide bonds. The molecule has 4 bridgehead atoms. The fraction of sp³-hybridized carbons (Fsp3) is 0.944. The SMILES string of the molecule is CC1C(C)C2CC1C1C3CC(C21)C1(CCC(=O)C1)C3. The van der Waals surface area contributed by atoms with Crippen molar-refractivity contribution in [3.63, 3.8) is 0 Å². The van der Waals surface area contributed by atoms with Gasteiger partial charge in [-0.1, -0.05) is 13.8 Å². The number of carbonyl (C=O) groups excluding carboxylic acids is 1. The van der Waals surface area contributed by atoms with Gasteiger partial charge in [0.05, 0.1) is 0 Å². The van der Waals surface area contributed by atoms with E-state index in [4.69, 9.17) is 0 Å². The third-order valence-electron chi connectivity index (χ3n) is 8.63. The first-order valence-electron chi connectivity index (χ1n) is 8.62. The van der Waals surface area contributed by atoms with Gasteiger partial charge in [0, 0.05) is 12.8 Å². The van der Waals surface area contributed by atoms with E-state index in [-0.39, 0.29) is 0 Å². The minimum atomic E-state index is 0.496. The van der Waals surface area contributed by atoms with Crippen LogP contribution in [0.3, 0.4) is 0 Å². The number of rotatable bonds is 0. The molecule has 0 saturated heterocycles. The second-order valence-electron chi connectivity index (χ2n) is 8.82. The Morgan fingerprint density at radius 2 is 1.79 bits per heavy atom. The molecule has 0 radical (unpaired) electrons. The highest BCUT2D eigenvalue weighted by Crippen LogP contribution is 2.75. The van der Waals surface area contributed by atoms with E-state index in [1.807, 2.05) is 0 Å². The molecule has 1 heteroatoms. The molecule has 0 heterocycles. The normalized spacial score (nSPS) is 65.5. The Morgan fingerprint density at radius 1 is 1.05 bits per heavy atom. The first-order valence-corrected chi connectivity index (χ1v) is 8.62. The van der Waals surface area contributed by atoms with Gasteiger partial charge in [-0.3, -0.25) is 4.79 Å². The van der Waals surface area contributed by atoms with Crippen LogP contribution in [0.25, 0.3) is 0 Å². The molecule has 9 unspecified atom stereocenters. The Kier molecular flexibility index (Phi) is 1.96. The van der Waals surface area contributed by atoms with Crippen molar-refractivity contribution in [2.45, 2.75) is 52.4 Å². The lowest BCUT2D eigenvalue weighted by Gasteiger charge is -2.47. The van der Waals surface area contributed by atoms with Crippen LogP contribution < -0.4 is 0 Å². The molecule has 0 N–H and O–H groups in total. The lowest BCUT2D eigenvalue weighted by molar-refractivity contribution is -0.118. The highest BCUT2D eigenvalue weighted by molar-refractivity contribution is 5.81. The van der Waals surface area contributed by atoms with Gasteiger partial charge in [0.15, 0.2) is 0 Å². The van der Waals surface area contributed by atoms with Gasteiger partial charge in [0.1, 0.15) is 5.78 Å². The summed E-state index contributed by atoms with van der Waals surface area (Å²) in [6.45, 7) is 5.04. The van der Waals surface area contributed by atoms with Crippen LogP contribution in [0.2, 0.25) is 0 Å². The second-order valence-corrected chi connectivity index (χ2v) is 8.82. The number of Topliss-reactive ketones (excluding diaryl/α,β-unsaturated/α-hetero) is 1. The number of ketones is 1. The Morgan fingerprint density at radius 3 is 2.47 bits per heavy atom. The first-order chi connectivity index (χ1) is 9.11. The van der Waals surface area contributed by atoms with Gasteiger partial charge in [-0.15, -0.1) is 0 Å². The maximum absolute atomic E-state index is 11.8. The largest absolute Gasteiger partial charge is 0.300 e. The number of fused-ring (bicyclic) bond motifs is 10. The zero-order valence-corrected chi connectivity index (χ0v) is 12.3. The molecule has 0 aromatic rings. The van der Waals surface area contributed by atoms with Crippen molar-refractivity contribution in [2.24, 2.45) is 52.8 Å². The van der Waals surface area contributed by atoms with Crippen LogP contribution in [-0.2, 0) is 4.79 Å². The Balaban J connectivity index is 1.52. The molecule has 5 saturated carbocycles. The monoisotopic (exact) mass is 258 g/mol. The number of hydrogen-bond donors (Lipinski definition) is 0. The summed E-state index contributed by atoms with van der Waals surface area (Å²) >= 11 is 0.